The van der Waals surface area contributed by atoms with E-state index >= 15 is 4.39 Å². The van der Waals surface area contributed by atoms with E-state index in [1.54, 1.807) is 6.20 Å². The fourth-order valence-electron chi connectivity index (χ4n) is 5.12. The Hall–Kier alpha value is -3.57. The van der Waals surface area contributed by atoms with Crippen LogP contribution in [0, 0.1) is 12.7 Å². The van der Waals surface area contributed by atoms with Crippen LogP contribution in [0.5, 0.6) is 11.9 Å². The number of methoxy groups -OCH3 is 2. The molecule has 0 spiro atoms. The van der Waals surface area contributed by atoms with Crippen LogP contribution >= 0.6 is 0 Å². The molecular weight excluding hydrogens is 467 g/mol. The number of aliphatic hydroxyl groups excluding tert-OH is 1. The van der Waals surface area contributed by atoms with Crippen LogP contribution in [0.4, 0.5) is 10.2 Å². The molecule has 1 saturated carbocycles. The fourth-order valence-corrected chi connectivity index (χ4v) is 5.12. The van der Waals surface area contributed by atoms with Gasteiger partial charge in [0.1, 0.15) is 22.4 Å². The van der Waals surface area contributed by atoms with E-state index in [0.29, 0.717) is 35.8 Å². The minimum Gasteiger partial charge on any atom is -0.480 e. The molecule has 4 aromatic rings. The molecule has 1 unspecified atom stereocenters. The highest BCUT2D eigenvalue weighted by Gasteiger charge is 2.33. The summed E-state index contributed by atoms with van der Waals surface area (Å²) in [5, 5.41) is 18.6. The van der Waals surface area contributed by atoms with Crippen LogP contribution in [-0.2, 0) is 4.74 Å². The van der Waals surface area contributed by atoms with Crippen molar-refractivity contribution in [1.82, 2.24) is 25.1 Å². The summed E-state index contributed by atoms with van der Waals surface area (Å²) >= 11 is 0. The molecule has 2 N–H and O–H groups in total. The van der Waals surface area contributed by atoms with Gasteiger partial charge in [-0.05, 0) is 42.9 Å². The van der Waals surface area contributed by atoms with E-state index in [1.807, 2.05) is 17.9 Å². The van der Waals surface area contributed by atoms with Crippen molar-refractivity contribution in [2.75, 3.05) is 45.4 Å². The lowest BCUT2D eigenvalue weighted by molar-refractivity contribution is 0.0597. The Balaban J connectivity index is 1.66. The first kappa shape index (κ1) is 22.9. The maximum Gasteiger partial charge on any atom is 0.318 e. The lowest BCUT2D eigenvalue weighted by atomic mass is 9.92. The average molecular weight is 495 g/mol. The number of aromatic amines is 1. The molecule has 2 fully saturated rings. The molecule has 0 radical (unpaired) electrons. The number of hydrogen-bond acceptors (Lipinski definition) is 9. The standard InChI is InChI=1S/C25H27FN6O4/c1-12-8-16-15(9-27-31-16)18(17(12)13-4-5-13)21-20(26)22-19(24(28-21)34-2)23(30-25(29-22)35-3)32-6-7-36-11-14(33)10-32/h8-9,13-14,33H,4-7,10-11H2,1-3H3,(H,27,31). The van der Waals surface area contributed by atoms with Crippen molar-refractivity contribution >= 4 is 27.6 Å². The van der Waals surface area contributed by atoms with Gasteiger partial charge >= 0.3 is 6.01 Å². The summed E-state index contributed by atoms with van der Waals surface area (Å²) in [6.07, 6.45) is 3.07. The number of anilines is 1. The molecular formula is C25H27FN6O4. The van der Waals surface area contributed by atoms with Crippen molar-refractivity contribution < 1.29 is 23.7 Å². The lowest BCUT2D eigenvalue weighted by Gasteiger charge is -2.25. The second kappa shape index (κ2) is 8.82. The fraction of sp³-hybridized carbons (Fsp3) is 0.440. The molecule has 2 aliphatic rings. The van der Waals surface area contributed by atoms with Crippen LogP contribution in [0.25, 0.3) is 33.1 Å². The quantitative estimate of drug-likeness (QED) is 0.431. The van der Waals surface area contributed by atoms with Crippen LogP contribution in [0.2, 0.25) is 0 Å². The minimum absolute atomic E-state index is 0.00961. The van der Waals surface area contributed by atoms with Gasteiger partial charge in [-0.1, -0.05) is 0 Å². The van der Waals surface area contributed by atoms with Gasteiger partial charge < -0.3 is 24.2 Å². The molecule has 6 rings (SSSR count). The number of aromatic nitrogens is 5. The number of pyridine rings is 1. The maximum absolute atomic E-state index is 16.5. The topological polar surface area (TPSA) is 119 Å². The number of nitrogens with zero attached hydrogens (tertiary/aromatic N) is 5. The molecule has 1 aliphatic carbocycles. The Morgan fingerprint density at radius 2 is 2.03 bits per heavy atom. The van der Waals surface area contributed by atoms with Gasteiger partial charge in [0.2, 0.25) is 5.88 Å². The molecule has 4 heterocycles. The van der Waals surface area contributed by atoms with Crippen molar-refractivity contribution in [3.8, 4) is 23.1 Å². The predicted molar refractivity (Wildman–Crippen MR) is 131 cm³/mol. The number of benzene rings is 1. The third-order valence-corrected chi connectivity index (χ3v) is 6.85. The summed E-state index contributed by atoms with van der Waals surface area (Å²) in [5.41, 5.74) is 3.85. The van der Waals surface area contributed by atoms with Gasteiger partial charge in [0.25, 0.3) is 0 Å². The predicted octanol–water partition coefficient (Wildman–Crippen LogP) is 3.11. The van der Waals surface area contributed by atoms with Crippen LogP contribution < -0.4 is 14.4 Å². The molecule has 1 atom stereocenters. The average Bonchev–Trinajstić information content (AvgIpc) is 3.65. The van der Waals surface area contributed by atoms with E-state index in [-0.39, 0.29) is 36.3 Å². The van der Waals surface area contributed by atoms with Gasteiger partial charge in [-0.15, -0.1) is 0 Å². The van der Waals surface area contributed by atoms with Crippen LogP contribution in [-0.4, -0.2) is 76.9 Å². The minimum atomic E-state index is -0.727. The molecule has 188 valence electrons. The number of ether oxygens (including phenoxy) is 3. The Morgan fingerprint density at radius 1 is 1.19 bits per heavy atom. The van der Waals surface area contributed by atoms with E-state index in [0.717, 1.165) is 34.9 Å². The second-order valence-electron chi connectivity index (χ2n) is 9.30. The summed E-state index contributed by atoms with van der Waals surface area (Å²) in [6, 6.07) is 2.06. The molecule has 1 saturated heterocycles. The number of aliphatic hydroxyl groups is 1. The Labute approximate surface area is 206 Å². The summed E-state index contributed by atoms with van der Waals surface area (Å²) in [7, 11) is 2.92. The third kappa shape index (κ3) is 3.70. The normalized spacial score (nSPS) is 18.6. The van der Waals surface area contributed by atoms with E-state index in [2.05, 4.69) is 20.2 Å². The monoisotopic (exact) mass is 494 g/mol. The number of nitrogens with one attached hydrogen (secondary N) is 1. The zero-order valence-corrected chi connectivity index (χ0v) is 20.3. The Morgan fingerprint density at radius 3 is 2.78 bits per heavy atom. The van der Waals surface area contributed by atoms with Crippen LogP contribution in [0.3, 0.4) is 0 Å². The summed E-state index contributed by atoms with van der Waals surface area (Å²) in [5.74, 6) is 0.320. The SMILES string of the molecule is COc1nc(N2CCOCC(O)C2)c2c(OC)nc(-c3c(C4CC4)c(C)cc4[nH]ncc34)c(F)c2n1. The molecule has 10 nitrogen and oxygen atoms in total. The largest absolute Gasteiger partial charge is 0.480 e. The number of hydrogen-bond donors (Lipinski definition) is 2. The summed E-state index contributed by atoms with van der Waals surface area (Å²) < 4.78 is 33.1. The second-order valence-corrected chi connectivity index (χ2v) is 9.30. The number of fused-ring (bicyclic) bond motifs is 2. The number of rotatable bonds is 5. The molecule has 0 amide bonds. The van der Waals surface area contributed by atoms with Crippen molar-refractivity contribution in [3.05, 3.63) is 29.2 Å². The molecule has 1 aliphatic heterocycles. The smallest absolute Gasteiger partial charge is 0.318 e. The summed E-state index contributed by atoms with van der Waals surface area (Å²) in [6.45, 7) is 3.32. The van der Waals surface area contributed by atoms with E-state index < -0.39 is 11.9 Å². The van der Waals surface area contributed by atoms with Gasteiger partial charge in [-0.2, -0.15) is 15.1 Å². The molecule has 1 aromatic carbocycles. The van der Waals surface area contributed by atoms with E-state index in [1.165, 1.54) is 14.2 Å². The van der Waals surface area contributed by atoms with Crippen molar-refractivity contribution in [2.24, 2.45) is 0 Å². The van der Waals surface area contributed by atoms with E-state index in [9.17, 15) is 5.11 Å². The molecule has 0 bridgehead atoms. The summed E-state index contributed by atoms with van der Waals surface area (Å²) in [4.78, 5) is 15.4. The molecule has 3 aromatic heterocycles. The number of halogens is 1. The van der Waals surface area contributed by atoms with Crippen LogP contribution in [0.15, 0.2) is 12.3 Å². The number of β-amino-alcohol motifs (C(OH)–C–C–N with tert-alkyl or cyclic N) is 1. The highest BCUT2D eigenvalue weighted by Crippen LogP contribution is 2.49. The zero-order chi connectivity index (χ0) is 25.0. The first-order chi connectivity index (χ1) is 17.5. The number of aryl methyl sites for hydroxylation is 1. The Bertz CT molecular complexity index is 1470. The maximum atomic E-state index is 16.5. The van der Waals surface area contributed by atoms with Crippen molar-refractivity contribution in [1.29, 1.82) is 0 Å². The van der Waals surface area contributed by atoms with Gasteiger partial charge in [0, 0.05) is 24.0 Å². The van der Waals surface area contributed by atoms with Gasteiger partial charge in [-0.25, -0.2) is 9.37 Å². The highest BCUT2D eigenvalue weighted by atomic mass is 19.1. The van der Waals surface area contributed by atoms with Crippen LogP contribution in [0.1, 0.15) is 29.9 Å². The van der Waals surface area contributed by atoms with E-state index in [4.69, 9.17) is 19.2 Å². The highest BCUT2D eigenvalue weighted by molar-refractivity contribution is 6.01. The Kier molecular flexibility index (Phi) is 5.60. The molecule has 36 heavy (non-hydrogen) atoms. The number of H-pyrrole nitrogens is 1. The third-order valence-electron chi connectivity index (χ3n) is 6.85. The van der Waals surface area contributed by atoms with Crippen molar-refractivity contribution in [3.63, 3.8) is 0 Å². The first-order valence-corrected chi connectivity index (χ1v) is 12.0. The van der Waals surface area contributed by atoms with Gasteiger partial charge in [-0.3, -0.25) is 5.10 Å². The molecule has 11 heteroatoms. The first-order valence-electron chi connectivity index (χ1n) is 12.0. The lowest BCUT2D eigenvalue weighted by Crippen LogP contribution is -2.33. The van der Waals surface area contributed by atoms with Gasteiger partial charge in [0.05, 0.1) is 45.3 Å². The zero-order valence-electron chi connectivity index (χ0n) is 20.3. The van der Waals surface area contributed by atoms with Crippen molar-refractivity contribution in [2.45, 2.75) is 31.8 Å². The van der Waals surface area contributed by atoms with Gasteiger partial charge in [0.15, 0.2) is 5.82 Å².